The van der Waals surface area contributed by atoms with Gasteiger partial charge in [0.05, 0.1) is 12.2 Å². The van der Waals surface area contributed by atoms with E-state index in [-0.39, 0.29) is 6.04 Å². The molecule has 1 aliphatic rings. The third-order valence-corrected chi connectivity index (χ3v) is 6.81. The van der Waals surface area contributed by atoms with Gasteiger partial charge in [-0.25, -0.2) is 4.98 Å². The number of nitrogens with one attached hydrogen (secondary N) is 2. The standard InChI is InChI=1S/C28H28N6/c1-20(21-5-3-2-4-6-21)34-19-24(17-32-34)27-18-31-28-26(27)15-23(16-30-28)22-7-9-25(10-8-22)33-13-11-29-12-14-33/h2-10,15-20,29H,11-14H2,1H3,(H,30,31). The van der Waals surface area contributed by atoms with E-state index in [0.29, 0.717) is 0 Å². The van der Waals surface area contributed by atoms with E-state index in [2.05, 4.69) is 88.0 Å². The summed E-state index contributed by atoms with van der Waals surface area (Å²) in [5.74, 6) is 0. The molecule has 1 saturated heterocycles. The summed E-state index contributed by atoms with van der Waals surface area (Å²) in [6, 6.07) is 21.7. The third kappa shape index (κ3) is 3.86. The minimum Gasteiger partial charge on any atom is -0.369 e. The Morgan fingerprint density at radius 2 is 1.68 bits per heavy atom. The Balaban J connectivity index is 1.29. The van der Waals surface area contributed by atoms with Gasteiger partial charge in [0, 0.05) is 72.5 Å². The van der Waals surface area contributed by atoms with E-state index in [4.69, 9.17) is 4.98 Å². The summed E-state index contributed by atoms with van der Waals surface area (Å²) in [7, 11) is 0. The zero-order chi connectivity index (χ0) is 22.9. The van der Waals surface area contributed by atoms with Crippen molar-refractivity contribution in [2.24, 2.45) is 0 Å². The molecule has 0 spiro atoms. The summed E-state index contributed by atoms with van der Waals surface area (Å²) >= 11 is 0. The van der Waals surface area contributed by atoms with Crippen LogP contribution in [-0.2, 0) is 0 Å². The summed E-state index contributed by atoms with van der Waals surface area (Å²) < 4.78 is 2.02. The van der Waals surface area contributed by atoms with Crippen LogP contribution in [0.1, 0.15) is 18.5 Å². The number of hydrogen-bond acceptors (Lipinski definition) is 4. The molecule has 170 valence electrons. The maximum atomic E-state index is 4.70. The Bertz CT molecular complexity index is 1390. The predicted octanol–water partition coefficient (Wildman–Crippen LogP) is 5.11. The van der Waals surface area contributed by atoms with Crippen molar-refractivity contribution in [3.63, 3.8) is 0 Å². The molecule has 2 aromatic carbocycles. The molecular formula is C28H28N6. The molecule has 34 heavy (non-hydrogen) atoms. The van der Waals surface area contributed by atoms with Gasteiger partial charge in [0.25, 0.3) is 0 Å². The van der Waals surface area contributed by atoms with E-state index < -0.39 is 0 Å². The molecule has 4 heterocycles. The van der Waals surface area contributed by atoms with Gasteiger partial charge in [-0.2, -0.15) is 5.10 Å². The van der Waals surface area contributed by atoms with Crippen LogP contribution in [0, 0.1) is 0 Å². The second-order valence-corrected chi connectivity index (χ2v) is 8.90. The summed E-state index contributed by atoms with van der Waals surface area (Å²) in [6.07, 6.45) is 8.04. The van der Waals surface area contributed by atoms with Gasteiger partial charge in [-0.1, -0.05) is 42.5 Å². The lowest BCUT2D eigenvalue weighted by atomic mass is 10.0. The van der Waals surface area contributed by atoms with Gasteiger partial charge < -0.3 is 15.2 Å². The van der Waals surface area contributed by atoms with Crippen LogP contribution in [0.4, 0.5) is 5.69 Å². The molecular weight excluding hydrogens is 420 g/mol. The molecule has 5 aromatic rings. The van der Waals surface area contributed by atoms with Crippen molar-refractivity contribution in [1.82, 2.24) is 25.1 Å². The number of piperazine rings is 1. The lowest BCUT2D eigenvalue weighted by Crippen LogP contribution is -2.43. The molecule has 0 amide bonds. The molecule has 1 atom stereocenters. The van der Waals surface area contributed by atoms with E-state index in [1.54, 1.807) is 0 Å². The summed E-state index contributed by atoms with van der Waals surface area (Å²) in [6.45, 7) is 6.36. The first-order chi connectivity index (χ1) is 16.8. The van der Waals surface area contributed by atoms with E-state index >= 15 is 0 Å². The molecule has 3 aromatic heterocycles. The topological polar surface area (TPSA) is 61.8 Å². The van der Waals surface area contributed by atoms with Crippen LogP contribution in [0.5, 0.6) is 0 Å². The molecule has 1 fully saturated rings. The number of rotatable bonds is 5. The van der Waals surface area contributed by atoms with Gasteiger partial charge in [-0.3, -0.25) is 4.68 Å². The fourth-order valence-corrected chi connectivity index (χ4v) is 4.76. The Hall–Kier alpha value is -3.90. The molecule has 0 radical (unpaired) electrons. The Labute approximate surface area is 199 Å². The first-order valence-electron chi connectivity index (χ1n) is 11.9. The minimum atomic E-state index is 0.169. The van der Waals surface area contributed by atoms with Crippen molar-refractivity contribution < 1.29 is 0 Å². The van der Waals surface area contributed by atoms with Gasteiger partial charge in [0.2, 0.25) is 0 Å². The van der Waals surface area contributed by atoms with E-state index in [9.17, 15) is 0 Å². The Morgan fingerprint density at radius 1 is 0.882 bits per heavy atom. The van der Waals surface area contributed by atoms with Crippen LogP contribution in [-0.4, -0.2) is 45.9 Å². The van der Waals surface area contributed by atoms with Crippen LogP contribution >= 0.6 is 0 Å². The molecule has 0 bridgehead atoms. The predicted molar refractivity (Wildman–Crippen MR) is 138 cm³/mol. The highest BCUT2D eigenvalue weighted by Gasteiger charge is 2.14. The van der Waals surface area contributed by atoms with Crippen molar-refractivity contribution in [3.8, 4) is 22.3 Å². The number of benzene rings is 2. The first kappa shape index (κ1) is 20.7. The highest BCUT2D eigenvalue weighted by molar-refractivity contribution is 5.95. The molecule has 6 heteroatoms. The average Bonchev–Trinajstić information content (AvgIpc) is 3.56. The fourth-order valence-electron chi connectivity index (χ4n) is 4.76. The number of fused-ring (bicyclic) bond motifs is 1. The van der Waals surface area contributed by atoms with Gasteiger partial charge in [-0.15, -0.1) is 0 Å². The van der Waals surface area contributed by atoms with E-state index in [1.165, 1.54) is 16.8 Å². The van der Waals surface area contributed by atoms with Crippen LogP contribution < -0.4 is 10.2 Å². The monoisotopic (exact) mass is 448 g/mol. The van der Waals surface area contributed by atoms with Crippen molar-refractivity contribution in [1.29, 1.82) is 0 Å². The zero-order valence-electron chi connectivity index (χ0n) is 19.3. The van der Waals surface area contributed by atoms with Crippen molar-refractivity contribution in [2.45, 2.75) is 13.0 Å². The average molecular weight is 449 g/mol. The van der Waals surface area contributed by atoms with Gasteiger partial charge in [-0.05, 0) is 36.2 Å². The zero-order valence-corrected chi connectivity index (χ0v) is 19.3. The lowest BCUT2D eigenvalue weighted by molar-refractivity contribution is 0.565. The SMILES string of the molecule is CC(c1ccccc1)n1cc(-c2c[nH]c3ncc(-c4ccc(N5CCNCC5)cc4)cc23)cn1. The largest absolute Gasteiger partial charge is 0.369 e. The highest BCUT2D eigenvalue weighted by Crippen LogP contribution is 2.32. The molecule has 0 aliphatic carbocycles. The van der Waals surface area contributed by atoms with Gasteiger partial charge in [0.15, 0.2) is 0 Å². The highest BCUT2D eigenvalue weighted by atomic mass is 15.3. The third-order valence-electron chi connectivity index (χ3n) is 6.81. The number of pyridine rings is 1. The summed E-state index contributed by atoms with van der Waals surface area (Å²) in [5, 5.41) is 9.18. The van der Waals surface area contributed by atoms with Crippen molar-refractivity contribution in [2.75, 3.05) is 31.1 Å². The fraction of sp³-hybridized carbons (Fsp3) is 0.214. The minimum absolute atomic E-state index is 0.169. The molecule has 2 N–H and O–H groups in total. The van der Waals surface area contributed by atoms with Crippen LogP contribution in [0.15, 0.2) is 85.5 Å². The number of aromatic nitrogens is 4. The second-order valence-electron chi connectivity index (χ2n) is 8.90. The molecule has 1 unspecified atom stereocenters. The quantitative estimate of drug-likeness (QED) is 0.392. The number of nitrogens with zero attached hydrogens (tertiary/aromatic N) is 4. The maximum Gasteiger partial charge on any atom is 0.137 e. The van der Waals surface area contributed by atoms with E-state index in [0.717, 1.165) is 53.9 Å². The molecule has 1 aliphatic heterocycles. The second kappa shape index (κ2) is 8.80. The first-order valence-corrected chi connectivity index (χ1v) is 11.9. The van der Waals surface area contributed by atoms with Crippen LogP contribution in [0.3, 0.4) is 0 Å². The van der Waals surface area contributed by atoms with Gasteiger partial charge >= 0.3 is 0 Å². The van der Waals surface area contributed by atoms with Crippen molar-refractivity contribution >= 4 is 16.7 Å². The number of H-pyrrole nitrogens is 1. The van der Waals surface area contributed by atoms with Crippen molar-refractivity contribution in [3.05, 3.63) is 91.0 Å². The molecule has 6 nitrogen and oxygen atoms in total. The Morgan fingerprint density at radius 3 is 2.47 bits per heavy atom. The molecule has 6 rings (SSSR count). The van der Waals surface area contributed by atoms with E-state index in [1.807, 2.05) is 29.3 Å². The number of hydrogen-bond donors (Lipinski definition) is 2. The Kier molecular flexibility index (Phi) is 5.35. The smallest absolute Gasteiger partial charge is 0.137 e. The summed E-state index contributed by atoms with van der Waals surface area (Å²) in [5.41, 5.74) is 7.90. The normalized spacial score (nSPS) is 15.0. The molecule has 0 saturated carbocycles. The van der Waals surface area contributed by atoms with Crippen LogP contribution in [0.2, 0.25) is 0 Å². The van der Waals surface area contributed by atoms with Gasteiger partial charge in [0.1, 0.15) is 5.65 Å². The van der Waals surface area contributed by atoms with Crippen LogP contribution in [0.25, 0.3) is 33.3 Å². The number of anilines is 1. The number of aromatic amines is 1. The summed E-state index contributed by atoms with van der Waals surface area (Å²) in [4.78, 5) is 10.5. The lowest BCUT2D eigenvalue weighted by Gasteiger charge is -2.29. The maximum absolute atomic E-state index is 4.70.